The quantitative estimate of drug-likeness (QED) is 0.710. The maximum absolute atomic E-state index is 11.6. The third-order valence-corrected chi connectivity index (χ3v) is 6.51. The van der Waals surface area contributed by atoms with Crippen molar-refractivity contribution in [2.75, 3.05) is 18.1 Å². The van der Waals surface area contributed by atoms with Gasteiger partial charge in [0, 0.05) is 11.8 Å². The van der Waals surface area contributed by atoms with Gasteiger partial charge in [-0.25, -0.2) is 8.42 Å². The van der Waals surface area contributed by atoms with Gasteiger partial charge >= 0.3 is 0 Å². The van der Waals surface area contributed by atoms with Gasteiger partial charge in [-0.3, -0.25) is 0 Å². The maximum atomic E-state index is 11.6. The molecule has 0 saturated heterocycles. The second-order valence-corrected chi connectivity index (χ2v) is 8.74. The molecule has 20 heavy (non-hydrogen) atoms. The Morgan fingerprint density at radius 1 is 1.10 bits per heavy atom. The molecule has 1 aliphatic rings. The van der Waals surface area contributed by atoms with Gasteiger partial charge in [-0.05, 0) is 50.5 Å². The van der Waals surface area contributed by atoms with Crippen LogP contribution in [0.4, 0.5) is 0 Å². The van der Waals surface area contributed by atoms with Crippen molar-refractivity contribution in [3.8, 4) is 0 Å². The summed E-state index contributed by atoms with van der Waals surface area (Å²) in [6.07, 6.45) is 8.41. The topological polar surface area (TPSA) is 46.2 Å². The van der Waals surface area contributed by atoms with Gasteiger partial charge in [0.25, 0.3) is 0 Å². The fraction of sp³-hybridized carbons (Fsp3) is 1.00. The van der Waals surface area contributed by atoms with E-state index in [2.05, 4.69) is 19.2 Å². The van der Waals surface area contributed by atoms with E-state index in [0.29, 0.717) is 17.7 Å². The van der Waals surface area contributed by atoms with Crippen LogP contribution in [0.2, 0.25) is 0 Å². The molecule has 0 aromatic heterocycles. The Balaban J connectivity index is 2.47. The highest BCUT2D eigenvalue weighted by molar-refractivity contribution is 7.91. The van der Waals surface area contributed by atoms with E-state index in [9.17, 15) is 8.42 Å². The molecule has 0 heterocycles. The third kappa shape index (κ3) is 6.13. The molecule has 3 atom stereocenters. The third-order valence-electron chi connectivity index (χ3n) is 4.72. The summed E-state index contributed by atoms with van der Waals surface area (Å²) in [6, 6.07) is 0.609. The number of sulfone groups is 1. The number of hydrogen-bond acceptors (Lipinski definition) is 3. The van der Waals surface area contributed by atoms with Crippen molar-refractivity contribution in [2.45, 2.75) is 71.8 Å². The molecule has 0 aromatic rings. The first-order valence-corrected chi connectivity index (χ1v) is 10.3. The van der Waals surface area contributed by atoms with Crippen LogP contribution in [0.25, 0.3) is 0 Å². The minimum Gasteiger partial charge on any atom is -0.314 e. The number of rotatable bonds is 9. The van der Waals surface area contributed by atoms with Crippen LogP contribution in [0.5, 0.6) is 0 Å². The molecule has 3 nitrogen and oxygen atoms in total. The van der Waals surface area contributed by atoms with Crippen LogP contribution < -0.4 is 5.32 Å². The summed E-state index contributed by atoms with van der Waals surface area (Å²) in [5, 5.41) is 3.61. The highest BCUT2D eigenvalue weighted by atomic mass is 32.2. The smallest absolute Gasteiger partial charge is 0.150 e. The molecule has 1 rings (SSSR count). The van der Waals surface area contributed by atoms with E-state index in [1.807, 2.05) is 0 Å². The summed E-state index contributed by atoms with van der Waals surface area (Å²) >= 11 is 0. The molecule has 1 aliphatic carbocycles. The lowest BCUT2D eigenvalue weighted by atomic mass is 9.74. The fourth-order valence-corrected chi connectivity index (χ4v) is 4.49. The highest BCUT2D eigenvalue weighted by Crippen LogP contribution is 2.34. The molecular formula is C16H33NO2S. The van der Waals surface area contributed by atoms with E-state index in [4.69, 9.17) is 0 Å². The van der Waals surface area contributed by atoms with Crippen LogP contribution in [0.3, 0.4) is 0 Å². The van der Waals surface area contributed by atoms with Crippen LogP contribution >= 0.6 is 0 Å². The van der Waals surface area contributed by atoms with Crippen molar-refractivity contribution in [1.29, 1.82) is 0 Å². The lowest BCUT2D eigenvalue weighted by molar-refractivity contribution is 0.186. The van der Waals surface area contributed by atoms with Gasteiger partial charge in [-0.2, -0.15) is 0 Å². The molecule has 0 radical (unpaired) electrons. The summed E-state index contributed by atoms with van der Waals surface area (Å²) in [7, 11) is -2.79. The van der Waals surface area contributed by atoms with E-state index in [-0.39, 0.29) is 5.75 Å². The summed E-state index contributed by atoms with van der Waals surface area (Å²) in [5.41, 5.74) is 0. The maximum Gasteiger partial charge on any atom is 0.150 e. The lowest BCUT2D eigenvalue weighted by Gasteiger charge is -2.37. The molecule has 1 N–H and O–H groups in total. The Hall–Kier alpha value is -0.0900. The van der Waals surface area contributed by atoms with Gasteiger partial charge in [-0.15, -0.1) is 0 Å². The zero-order valence-corrected chi connectivity index (χ0v) is 14.3. The zero-order valence-electron chi connectivity index (χ0n) is 13.5. The summed E-state index contributed by atoms with van der Waals surface area (Å²) in [4.78, 5) is 0. The Morgan fingerprint density at radius 2 is 1.85 bits per heavy atom. The average molecular weight is 304 g/mol. The monoisotopic (exact) mass is 303 g/mol. The molecule has 1 fully saturated rings. The van der Waals surface area contributed by atoms with E-state index in [1.165, 1.54) is 32.1 Å². The van der Waals surface area contributed by atoms with Crippen LogP contribution in [0, 0.1) is 11.8 Å². The Bertz CT molecular complexity index is 353. The highest BCUT2D eigenvalue weighted by Gasteiger charge is 2.29. The van der Waals surface area contributed by atoms with Crippen molar-refractivity contribution in [1.82, 2.24) is 5.32 Å². The van der Waals surface area contributed by atoms with Crippen LogP contribution in [-0.4, -0.2) is 32.5 Å². The molecule has 1 saturated carbocycles. The zero-order chi connectivity index (χ0) is 15.0. The standard InChI is InChI=1S/C16H33NO2S/c1-4-8-14-10-11-16(17-5-2)15(13-14)9-7-12-20(18,19)6-3/h14-17H,4-13H2,1-3H3. The Labute approximate surface area is 125 Å². The molecule has 120 valence electrons. The summed E-state index contributed by atoms with van der Waals surface area (Å²) < 4.78 is 23.2. The van der Waals surface area contributed by atoms with Crippen molar-refractivity contribution in [2.24, 2.45) is 11.8 Å². The van der Waals surface area contributed by atoms with Gasteiger partial charge in [0.2, 0.25) is 0 Å². The van der Waals surface area contributed by atoms with Crippen molar-refractivity contribution < 1.29 is 8.42 Å². The molecule has 0 spiro atoms. The van der Waals surface area contributed by atoms with Gasteiger partial charge in [0.15, 0.2) is 0 Å². The van der Waals surface area contributed by atoms with Crippen molar-refractivity contribution >= 4 is 9.84 Å². The first kappa shape index (κ1) is 18.0. The van der Waals surface area contributed by atoms with E-state index in [1.54, 1.807) is 6.92 Å². The molecule has 3 unspecified atom stereocenters. The minimum absolute atomic E-state index is 0.284. The number of hydrogen-bond donors (Lipinski definition) is 1. The van der Waals surface area contributed by atoms with Crippen LogP contribution in [0.1, 0.15) is 65.7 Å². The predicted molar refractivity (Wildman–Crippen MR) is 86.8 cm³/mol. The first-order valence-electron chi connectivity index (χ1n) is 8.46. The van der Waals surface area contributed by atoms with Gasteiger partial charge < -0.3 is 5.32 Å². The molecule has 4 heteroatoms. The Kier molecular flexibility index (Phi) is 8.11. The van der Waals surface area contributed by atoms with E-state index in [0.717, 1.165) is 25.3 Å². The molecule has 0 amide bonds. The van der Waals surface area contributed by atoms with Gasteiger partial charge in [0.1, 0.15) is 9.84 Å². The predicted octanol–water partition coefficient (Wildman–Crippen LogP) is 3.40. The van der Waals surface area contributed by atoms with Crippen molar-refractivity contribution in [3.63, 3.8) is 0 Å². The van der Waals surface area contributed by atoms with Crippen molar-refractivity contribution in [3.05, 3.63) is 0 Å². The van der Waals surface area contributed by atoms with Crippen LogP contribution in [-0.2, 0) is 9.84 Å². The van der Waals surface area contributed by atoms with E-state index >= 15 is 0 Å². The van der Waals surface area contributed by atoms with Gasteiger partial charge in [0.05, 0.1) is 5.75 Å². The van der Waals surface area contributed by atoms with Gasteiger partial charge in [-0.1, -0.05) is 33.6 Å². The summed E-state index contributed by atoms with van der Waals surface area (Å²) in [6.45, 7) is 7.19. The first-order chi connectivity index (χ1) is 9.52. The number of nitrogens with one attached hydrogen (secondary N) is 1. The Morgan fingerprint density at radius 3 is 2.45 bits per heavy atom. The lowest BCUT2D eigenvalue weighted by Crippen LogP contribution is -2.40. The molecule has 0 aromatic carbocycles. The minimum atomic E-state index is -2.79. The average Bonchev–Trinajstić information content (AvgIpc) is 2.42. The van der Waals surface area contributed by atoms with Crippen LogP contribution in [0.15, 0.2) is 0 Å². The largest absolute Gasteiger partial charge is 0.314 e. The molecule has 0 bridgehead atoms. The second kappa shape index (κ2) is 9.04. The van der Waals surface area contributed by atoms with E-state index < -0.39 is 9.84 Å². The second-order valence-electron chi connectivity index (χ2n) is 6.27. The fourth-order valence-electron chi connectivity index (χ4n) is 3.59. The summed E-state index contributed by atoms with van der Waals surface area (Å²) in [5.74, 6) is 2.19. The normalized spacial score (nSPS) is 27.6. The molecular weight excluding hydrogens is 270 g/mol. The molecule has 0 aliphatic heterocycles. The SMILES string of the molecule is CCCC1CCC(NCC)C(CCCS(=O)(=O)CC)C1.